The Hall–Kier alpha value is -2.69. The zero-order valence-corrected chi connectivity index (χ0v) is 14.6. The van der Waals surface area contributed by atoms with Gasteiger partial charge >= 0.3 is 0 Å². The average molecular weight is 325 g/mol. The van der Waals surface area contributed by atoms with E-state index in [9.17, 15) is 9.59 Å². The van der Waals surface area contributed by atoms with Crippen molar-refractivity contribution in [2.45, 2.75) is 34.1 Å². The summed E-state index contributed by atoms with van der Waals surface area (Å²) >= 11 is 0. The maximum Gasteiger partial charge on any atom is 0.243 e. The Kier molecular flexibility index (Phi) is 5.68. The number of anilines is 1. The zero-order valence-electron chi connectivity index (χ0n) is 14.6. The van der Waals surface area contributed by atoms with Crippen LogP contribution in [0.1, 0.15) is 27.9 Å². The van der Waals surface area contributed by atoms with E-state index in [0.717, 1.165) is 33.6 Å². The third kappa shape index (κ3) is 4.91. The minimum Gasteiger partial charge on any atom is -0.347 e. The first kappa shape index (κ1) is 17.7. The zero-order chi connectivity index (χ0) is 17.7. The lowest BCUT2D eigenvalue weighted by Crippen LogP contribution is -2.34. The van der Waals surface area contributed by atoms with Crippen molar-refractivity contribution >= 4 is 17.5 Å². The van der Waals surface area contributed by atoms with Gasteiger partial charge in [0, 0.05) is 17.6 Å². The smallest absolute Gasteiger partial charge is 0.243 e. The summed E-state index contributed by atoms with van der Waals surface area (Å²) in [7, 11) is 0. The number of benzene rings is 1. The van der Waals surface area contributed by atoms with Gasteiger partial charge in [-0.2, -0.15) is 0 Å². The molecule has 0 radical (unpaired) electrons. The molecule has 1 aromatic carbocycles. The second-order valence-electron chi connectivity index (χ2n) is 6.08. The van der Waals surface area contributed by atoms with Crippen molar-refractivity contribution in [3.63, 3.8) is 0 Å². The molecule has 2 amide bonds. The highest BCUT2D eigenvalue weighted by Crippen LogP contribution is 2.21. The highest BCUT2D eigenvalue weighted by molar-refractivity contribution is 5.96. The number of carbonyl (C=O) groups excluding carboxylic acids is 2. The third-order valence-electron chi connectivity index (χ3n) is 3.72. The maximum absolute atomic E-state index is 12.1. The molecule has 126 valence electrons. The van der Waals surface area contributed by atoms with Gasteiger partial charge in [-0.05, 0) is 50.5 Å². The topological polar surface area (TPSA) is 71.1 Å². The normalized spacial score (nSPS) is 10.3. The van der Waals surface area contributed by atoms with E-state index in [1.807, 2.05) is 52.0 Å². The molecular formula is C19H23N3O2. The summed E-state index contributed by atoms with van der Waals surface area (Å²) < 4.78 is 0. The van der Waals surface area contributed by atoms with Crippen LogP contribution in [0.5, 0.6) is 0 Å². The van der Waals surface area contributed by atoms with Crippen molar-refractivity contribution in [2.75, 3.05) is 11.9 Å². The van der Waals surface area contributed by atoms with E-state index < -0.39 is 0 Å². The number of aryl methyl sites for hydroxylation is 4. The molecule has 5 heteroatoms. The van der Waals surface area contributed by atoms with Crippen LogP contribution >= 0.6 is 0 Å². The van der Waals surface area contributed by atoms with Crippen LogP contribution in [0.4, 0.5) is 5.69 Å². The van der Waals surface area contributed by atoms with Crippen LogP contribution in [0.15, 0.2) is 30.5 Å². The molecule has 0 bridgehead atoms. The monoisotopic (exact) mass is 325 g/mol. The lowest BCUT2D eigenvalue weighted by atomic mass is 10.1. The number of hydrogen-bond acceptors (Lipinski definition) is 3. The van der Waals surface area contributed by atoms with Crippen LogP contribution in [0.3, 0.4) is 0 Å². The first-order valence-electron chi connectivity index (χ1n) is 7.91. The van der Waals surface area contributed by atoms with E-state index in [2.05, 4.69) is 15.6 Å². The van der Waals surface area contributed by atoms with Gasteiger partial charge in [0.2, 0.25) is 11.8 Å². The van der Waals surface area contributed by atoms with Gasteiger partial charge in [0.1, 0.15) is 0 Å². The van der Waals surface area contributed by atoms with Crippen molar-refractivity contribution in [1.29, 1.82) is 0 Å². The van der Waals surface area contributed by atoms with Crippen molar-refractivity contribution in [3.8, 4) is 0 Å². The summed E-state index contributed by atoms with van der Waals surface area (Å²) in [5.74, 6) is -0.436. The van der Waals surface area contributed by atoms with E-state index in [1.165, 1.54) is 0 Å². The molecule has 24 heavy (non-hydrogen) atoms. The van der Waals surface area contributed by atoms with Gasteiger partial charge < -0.3 is 10.6 Å². The molecule has 0 aliphatic rings. The molecule has 1 heterocycles. The Balaban J connectivity index is 1.87. The maximum atomic E-state index is 12.1. The molecule has 5 nitrogen and oxygen atoms in total. The van der Waals surface area contributed by atoms with Crippen molar-refractivity contribution in [1.82, 2.24) is 10.3 Å². The van der Waals surface area contributed by atoms with Gasteiger partial charge in [0.25, 0.3) is 0 Å². The first-order chi connectivity index (χ1) is 11.3. The highest BCUT2D eigenvalue weighted by Gasteiger charge is 2.10. The van der Waals surface area contributed by atoms with Crippen molar-refractivity contribution < 1.29 is 9.59 Å². The molecule has 2 aromatic rings. The van der Waals surface area contributed by atoms with E-state index in [-0.39, 0.29) is 24.8 Å². The Morgan fingerprint density at radius 2 is 1.67 bits per heavy atom. The number of hydrogen-bond donors (Lipinski definition) is 2. The standard InChI is InChI=1S/C19H23N3O2/c1-12-7-13(2)19(14(3)8-12)22-18(24)11-21-17(23)9-16-6-5-15(4)20-10-16/h5-8,10H,9,11H2,1-4H3,(H,21,23)(H,22,24). The van der Waals surface area contributed by atoms with Crippen LogP contribution in [0, 0.1) is 27.7 Å². The summed E-state index contributed by atoms with van der Waals surface area (Å²) in [4.78, 5) is 28.1. The first-order valence-corrected chi connectivity index (χ1v) is 7.91. The fourth-order valence-corrected chi connectivity index (χ4v) is 2.59. The molecule has 2 N–H and O–H groups in total. The van der Waals surface area contributed by atoms with Crippen LogP contribution in [-0.4, -0.2) is 23.3 Å². The summed E-state index contributed by atoms with van der Waals surface area (Å²) in [6, 6.07) is 7.76. The number of amides is 2. The SMILES string of the molecule is Cc1cc(C)c(NC(=O)CNC(=O)Cc2ccc(C)nc2)c(C)c1. The summed E-state index contributed by atoms with van der Waals surface area (Å²) in [5.41, 5.74) is 5.72. The predicted molar refractivity (Wildman–Crippen MR) is 95.0 cm³/mol. The van der Waals surface area contributed by atoms with Gasteiger partial charge in [-0.3, -0.25) is 14.6 Å². The van der Waals surface area contributed by atoms with E-state index >= 15 is 0 Å². The van der Waals surface area contributed by atoms with Crippen LogP contribution in [0.2, 0.25) is 0 Å². The Morgan fingerprint density at radius 1 is 1.00 bits per heavy atom. The van der Waals surface area contributed by atoms with Gasteiger partial charge in [0.15, 0.2) is 0 Å². The fraction of sp³-hybridized carbons (Fsp3) is 0.316. The second kappa shape index (κ2) is 7.73. The van der Waals surface area contributed by atoms with E-state index in [0.29, 0.717) is 0 Å². The molecule has 0 saturated heterocycles. The number of nitrogens with one attached hydrogen (secondary N) is 2. The molecule has 0 fully saturated rings. The van der Waals surface area contributed by atoms with E-state index in [4.69, 9.17) is 0 Å². The number of carbonyl (C=O) groups is 2. The number of pyridine rings is 1. The number of nitrogens with zero attached hydrogens (tertiary/aromatic N) is 1. The summed E-state index contributed by atoms with van der Waals surface area (Å²) in [6.45, 7) is 7.77. The minimum absolute atomic E-state index is 0.0507. The van der Waals surface area contributed by atoms with Crippen molar-refractivity contribution in [2.24, 2.45) is 0 Å². The second-order valence-corrected chi connectivity index (χ2v) is 6.08. The third-order valence-corrected chi connectivity index (χ3v) is 3.72. The molecule has 0 spiro atoms. The Labute approximate surface area is 142 Å². The van der Waals surface area contributed by atoms with Gasteiger partial charge in [0.05, 0.1) is 13.0 Å². The molecule has 2 rings (SSSR count). The summed E-state index contributed by atoms with van der Waals surface area (Å²) in [5, 5.41) is 5.50. The molecule has 0 saturated carbocycles. The molecule has 0 unspecified atom stereocenters. The summed E-state index contributed by atoms with van der Waals surface area (Å²) in [6.07, 6.45) is 1.89. The van der Waals surface area contributed by atoms with Gasteiger partial charge in [-0.15, -0.1) is 0 Å². The van der Waals surface area contributed by atoms with Gasteiger partial charge in [-0.1, -0.05) is 23.8 Å². The fourth-order valence-electron chi connectivity index (χ4n) is 2.59. The lowest BCUT2D eigenvalue weighted by molar-refractivity contribution is -0.123. The van der Waals surface area contributed by atoms with Crippen LogP contribution in [-0.2, 0) is 16.0 Å². The molecule has 0 aliphatic carbocycles. The van der Waals surface area contributed by atoms with Crippen molar-refractivity contribution in [3.05, 3.63) is 58.4 Å². The largest absolute Gasteiger partial charge is 0.347 e. The number of rotatable bonds is 5. The molecule has 1 aromatic heterocycles. The molecule has 0 aliphatic heterocycles. The van der Waals surface area contributed by atoms with E-state index in [1.54, 1.807) is 6.20 Å². The lowest BCUT2D eigenvalue weighted by Gasteiger charge is -2.13. The van der Waals surface area contributed by atoms with Gasteiger partial charge in [-0.25, -0.2) is 0 Å². The molecule has 0 atom stereocenters. The average Bonchev–Trinajstić information content (AvgIpc) is 2.51. The quantitative estimate of drug-likeness (QED) is 0.888. The Bertz CT molecular complexity index is 729. The Morgan fingerprint density at radius 3 is 2.25 bits per heavy atom. The highest BCUT2D eigenvalue weighted by atomic mass is 16.2. The number of aromatic nitrogens is 1. The minimum atomic E-state index is -0.236. The predicted octanol–water partition coefficient (Wildman–Crippen LogP) is 2.61. The van der Waals surface area contributed by atoms with Crippen LogP contribution in [0.25, 0.3) is 0 Å². The molecular weight excluding hydrogens is 302 g/mol. The van der Waals surface area contributed by atoms with Crippen LogP contribution < -0.4 is 10.6 Å².